The van der Waals surface area contributed by atoms with Gasteiger partial charge in [-0.2, -0.15) is 0 Å². The van der Waals surface area contributed by atoms with Gasteiger partial charge in [-0.05, 0) is 18.1 Å². The first-order valence-electron chi connectivity index (χ1n) is 8.92. The standard InChI is InChI=1S/C24H14O4/c1-13-11-12-17(20-23(13)28-24(20)27)19-18(14-7-3-2-4-8-14)21(25)15-9-5-6-10-16(15)22(19)26/h2-12H,1H3. The van der Waals surface area contributed by atoms with Crippen molar-refractivity contribution in [2.45, 2.75) is 6.92 Å². The fourth-order valence-corrected chi connectivity index (χ4v) is 3.84. The molecule has 0 fully saturated rings. The minimum Gasteiger partial charge on any atom is -0.422 e. The van der Waals surface area contributed by atoms with Crippen LogP contribution in [-0.2, 0) is 0 Å². The molecule has 4 heteroatoms. The number of ketones is 2. The van der Waals surface area contributed by atoms with Gasteiger partial charge >= 0.3 is 5.97 Å². The second-order valence-electron chi connectivity index (χ2n) is 6.84. The number of fused-ring (bicyclic) bond motifs is 2. The van der Waals surface area contributed by atoms with Crippen molar-refractivity contribution in [1.29, 1.82) is 0 Å². The number of carbonyl (C=O) groups excluding carboxylic acids is 3. The Morgan fingerprint density at radius 1 is 0.643 bits per heavy atom. The third-order valence-corrected chi connectivity index (χ3v) is 5.21. The molecule has 0 radical (unpaired) electrons. The van der Waals surface area contributed by atoms with Gasteiger partial charge in [0.15, 0.2) is 11.6 Å². The first kappa shape index (κ1) is 16.4. The highest BCUT2D eigenvalue weighted by Gasteiger charge is 2.39. The summed E-state index contributed by atoms with van der Waals surface area (Å²) in [5.74, 6) is -0.493. The number of hydrogen-bond donors (Lipinski definition) is 0. The first-order chi connectivity index (χ1) is 13.6. The van der Waals surface area contributed by atoms with E-state index in [1.165, 1.54) is 0 Å². The van der Waals surface area contributed by atoms with E-state index in [0.717, 1.165) is 5.56 Å². The van der Waals surface area contributed by atoms with Crippen LogP contribution in [0.4, 0.5) is 0 Å². The maximum atomic E-state index is 13.5. The largest absolute Gasteiger partial charge is 0.422 e. The molecule has 1 aliphatic heterocycles. The lowest BCUT2D eigenvalue weighted by Gasteiger charge is -2.27. The van der Waals surface area contributed by atoms with Crippen LogP contribution in [0.5, 0.6) is 5.75 Å². The normalized spacial score (nSPS) is 15.0. The molecule has 0 atom stereocenters. The predicted molar refractivity (Wildman–Crippen MR) is 104 cm³/mol. The summed E-state index contributed by atoms with van der Waals surface area (Å²) in [5, 5.41) is 0. The third-order valence-electron chi connectivity index (χ3n) is 5.21. The number of hydrogen-bond acceptors (Lipinski definition) is 4. The molecule has 0 saturated heterocycles. The predicted octanol–water partition coefficient (Wildman–Crippen LogP) is 4.52. The number of rotatable bonds is 2. The summed E-state index contributed by atoms with van der Waals surface area (Å²) in [6, 6.07) is 19.4. The Kier molecular flexibility index (Phi) is 3.43. The number of carbonyl (C=O) groups is 3. The highest BCUT2D eigenvalue weighted by Crippen LogP contribution is 2.44. The Morgan fingerprint density at radius 3 is 1.89 bits per heavy atom. The van der Waals surface area contributed by atoms with E-state index in [2.05, 4.69) is 0 Å². The van der Waals surface area contributed by atoms with Gasteiger partial charge < -0.3 is 4.74 Å². The van der Waals surface area contributed by atoms with Crippen LogP contribution in [0.25, 0.3) is 11.1 Å². The molecular formula is C24H14O4. The van der Waals surface area contributed by atoms with E-state index < -0.39 is 5.97 Å². The first-order valence-corrected chi connectivity index (χ1v) is 8.92. The van der Waals surface area contributed by atoms with Gasteiger partial charge in [-0.15, -0.1) is 0 Å². The molecule has 1 aliphatic carbocycles. The fraction of sp³-hybridized carbons (Fsp3) is 0.0417. The molecule has 0 N–H and O–H groups in total. The minimum absolute atomic E-state index is 0.224. The summed E-state index contributed by atoms with van der Waals surface area (Å²) in [6.07, 6.45) is 0. The Labute approximate surface area is 161 Å². The average Bonchev–Trinajstić information content (AvgIpc) is 2.71. The maximum Gasteiger partial charge on any atom is 0.348 e. The van der Waals surface area contributed by atoms with E-state index in [1.54, 1.807) is 48.5 Å². The highest BCUT2D eigenvalue weighted by molar-refractivity contribution is 6.52. The van der Waals surface area contributed by atoms with Crippen molar-refractivity contribution in [3.8, 4) is 5.75 Å². The van der Waals surface area contributed by atoms with Crippen LogP contribution in [0.3, 0.4) is 0 Å². The molecule has 1 heterocycles. The van der Waals surface area contributed by atoms with Gasteiger partial charge in [-0.25, -0.2) is 4.79 Å². The van der Waals surface area contributed by atoms with Crippen LogP contribution in [0.15, 0.2) is 66.7 Å². The van der Waals surface area contributed by atoms with Crippen molar-refractivity contribution in [3.63, 3.8) is 0 Å². The van der Waals surface area contributed by atoms with Gasteiger partial charge in [0.1, 0.15) is 11.3 Å². The van der Waals surface area contributed by atoms with Gasteiger partial charge in [0.2, 0.25) is 0 Å². The zero-order valence-electron chi connectivity index (χ0n) is 15.0. The summed E-state index contributed by atoms with van der Waals surface area (Å²) >= 11 is 0. The molecule has 3 aromatic rings. The van der Waals surface area contributed by atoms with E-state index >= 15 is 0 Å². The number of Topliss-reactive ketones (excluding diaryl/α,β-unsaturated/α-hetero) is 2. The summed E-state index contributed by atoms with van der Waals surface area (Å²) < 4.78 is 5.16. The van der Waals surface area contributed by atoms with Crippen molar-refractivity contribution in [2.24, 2.45) is 0 Å². The van der Waals surface area contributed by atoms with E-state index in [-0.39, 0.29) is 17.1 Å². The number of benzene rings is 3. The van der Waals surface area contributed by atoms with E-state index in [0.29, 0.717) is 39.1 Å². The molecular weight excluding hydrogens is 352 g/mol. The van der Waals surface area contributed by atoms with E-state index in [4.69, 9.17) is 4.74 Å². The third kappa shape index (κ3) is 2.15. The van der Waals surface area contributed by atoms with Gasteiger partial charge in [0.05, 0.1) is 0 Å². The molecule has 0 amide bonds. The molecule has 4 nitrogen and oxygen atoms in total. The second kappa shape index (κ2) is 5.86. The van der Waals surface area contributed by atoms with E-state index in [1.807, 2.05) is 25.1 Å². The molecule has 3 aromatic carbocycles. The molecule has 0 bridgehead atoms. The van der Waals surface area contributed by atoms with Crippen LogP contribution >= 0.6 is 0 Å². The smallest absolute Gasteiger partial charge is 0.348 e. The second-order valence-corrected chi connectivity index (χ2v) is 6.84. The van der Waals surface area contributed by atoms with Crippen LogP contribution in [-0.4, -0.2) is 17.5 Å². The van der Waals surface area contributed by atoms with Crippen LogP contribution in [0.1, 0.15) is 47.8 Å². The number of ether oxygens (including phenoxy) is 1. The highest BCUT2D eigenvalue weighted by atomic mass is 16.6. The SMILES string of the molecule is Cc1ccc(C2=C(c3ccccc3)C(=O)c3ccccc3C2=O)c2c1OC2=O. The van der Waals surface area contributed by atoms with Crippen molar-refractivity contribution >= 4 is 28.7 Å². The Bertz CT molecular complexity index is 1230. The zero-order valence-corrected chi connectivity index (χ0v) is 15.0. The number of allylic oxidation sites excluding steroid dienone is 2. The monoisotopic (exact) mass is 366 g/mol. The minimum atomic E-state index is -0.479. The number of esters is 1. The molecule has 0 spiro atoms. The van der Waals surface area contributed by atoms with Crippen LogP contribution in [0.2, 0.25) is 0 Å². The lowest BCUT2D eigenvalue weighted by Crippen LogP contribution is -2.27. The van der Waals surface area contributed by atoms with Gasteiger partial charge in [-0.1, -0.05) is 66.7 Å². The fourth-order valence-electron chi connectivity index (χ4n) is 3.84. The maximum absolute atomic E-state index is 13.5. The molecule has 0 unspecified atom stereocenters. The van der Waals surface area contributed by atoms with E-state index in [9.17, 15) is 14.4 Å². The van der Waals surface area contributed by atoms with Gasteiger partial charge in [-0.3, -0.25) is 9.59 Å². The topological polar surface area (TPSA) is 60.4 Å². The quantitative estimate of drug-likeness (QED) is 0.626. The molecule has 2 aliphatic rings. The lowest BCUT2D eigenvalue weighted by atomic mass is 9.77. The van der Waals surface area contributed by atoms with Crippen molar-refractivity contribution < 1.29 is 19.1 Å². The van der Waals surface area contributed by atoms with Gasteiger partial charge in [0, 0.05) is 27.8 Å². The zero-order chi connectivity index (χ0) is 19.4. The van der Waals surface area contributed by atoms with Crippen molar-refractivity contribution in [3.05, 3.63) is 100 Å². The van der Waals surface area contributed by atoms with Crippen molar-refractivity contribution in [1.82, 2.24) is 0 Å². The molecule has 0 aromatic heterocycles. The summed E-state index contributed by atoms with van der Waals surface area (Å²) in [7, 11) is 0. The summed E-state index contributed by atoms with van der Waals surface area (Å²) in [4.78, 5) is 39.0. The molecule has 134 valence electrons. The average molecular weight is 366 g/mol. The Balaban J connectivity index is 1.87. The summed E-state index contributed by atoms with van der Waals surface area (Å²) in [5.41, 5.74) is 3.57. The van der Waals surface area contributed by atoms with Gasteiger partial charge in [0.25, 0.3) is 0 Å². The molecule has 28 heavy (non-hydrogen) atoms. The number of aryl methyl sites for hydroxylation is 1. The lowest BCUT2D eigenvalue weighted by molar-refractivity contribution is 0.0656. The van der Waals surface area contributed by atoms with Crippen LogP contribution in [0, 0.1) is 6.92 Å². The Morgan fingerprint density at radius 2 is 1.25 bits per heavy atom. The van der Waals surface area contributed by atoms with Crippen molar-refractivity contribution in [2.75, 3.05) is 0 Å². The molecule has 5 rings (SSSR count). The molecule has 0 saturated carbocycles. The van der Waals surface area contributed by atoms with Crippen LogP contribution < -0.4 is 4.74 Å². The summed E-state index contributed by atoms with van der Waals surface area (Å²) in [6.45, 7) is 1.84. The Hall–Kier alpha value is -3.79.